The number of hydrogen-bond donors (Lipinski definition) is 0. The van der Waals surface area contributed by atoms with Crippen LogP contribution in [0.3, 0.4) is 0 Å². The minimum Gasteiger partial charge on any atom is -0.484 e. The molecule has 0 atom stereocenters. The Kier molecular flexibility index (Phi) is 5.60. The van der Waals surface area contributed by atoms with E-state index in [-0.39, 0.29) is 12.5 Å². The summed E-state index contributed by atoms with van der Waals surface area (Å²) in [6.45, 7) is 5.92. The van der Waals surface area contributed by atoms with Crippen molar-refractivity contribution in [3.63, 3.8) is 0 Å². The Bertz CT molecular complexity index is 990. The summed E-state index contributed by atoms with van der Waals surface area (Å²) in [5, 5.41) is 4.09. The van der Waals surface area contributed by atoms with Gasteiger partial charge in [0.2, 0.25) is 5.82 Å². The molecule has 0 spiro atoms. The number of aryl methyl sites for hydroxylation is 1. The molecule has 0 N–H and O–H groups in total. The Labute approximate surface area is 170 Å². The van der Waals surface area contributed by atoms with E-state index in [4.69, 9.17) is 9.26 Å². The number of carbonyl (C=O) groups is 1. The number of benzene rings is 2. The Balaban J connectivity index is 1.42. The van der Waals surface area contributed by atoms with Crippen molar-refractivity contribution >= 4 is 5.91 Å². The third kappa shape index (κ3) is 4.65. The van der Waals surface area contributed by atoms with E-state index >= 15 is 0 Å². The highest BCUT2D eigenvalue weighted by Crippen LogP contribution is 2.25. The van der Waals surface area contributed by atoms with E-state index in [1.807, 2.05) is 60.4 Å². The molecular formula is C23H25N3O3. The van der Waals surface area contributed by atoms with Crippen molar-refractivity contribution in [1.82, 2.24) is 15.0 Å². The van der Waals surface area contributed by atoms with Crippen LogP contribution in [0, 0.1) is 12.8 Å². The van der Waals surface area contributed by atoms with Crippen LogP contribution in [0.2, 0.25) is 0 Å². The molecule has 1 amide bonds. The summed E-state index contributed by atoms with van der Waals surface area (Å²) in [7, 11) is 0. The van der Waals surface area contributed by atoms with Gasteiger partial charge in [-0.1, -0.05) is 41.9 Å². The summed E-state index contributed by atoms with van der Waals surface area (Å²) in [6, 6.07) is 15.3. The van der Waals surface area contributed by atoms with E-state index < -0.39 is 0 Å². The lowest BCUT2D eigenvalue weighted by Gasteiger charge is -2.30. The molecule has 6 heteroatoms. The second kappa shape index (κ2) is 8.47. The zero-order valence-corrected chi connectivity index (χ0v) is 16.8. The summed E-state index contributed by atoms with van der Waals surface area (Å²) in [5.74, 6) is 2.30. The van der Waals surface area contributed by atoms with Gasteiger partial charge in [-0.05, 0) is 49.9 Å². The SMILES string of the molecule is Cc1cccc(-c2nc(-c3cccc(OCC(=O)N4CCC(C)CC4)c3)no2)c1. The van der Waals surface area contributed by atoms with Gasteiger partial charge in [0.25, 0.3) is 11.8 Å². The van der Waals surface area contributed by atoms with Crippen molar-refractivity contribution < 1.29 is 14.1 Å². The third-order valence-electron chi connectivity index (χ3n) is 5.28. The average molecular weight is 391 g/mol. The normalized spacial score (nSPS) is 14.8. The molecule has 3 aromatic rings. The lowest BCUT2D eigenvalue weighted by atomic mass is 9.99. The maximum Gasteiger partial charge on any atom is 0.260 e. The molecule has 1 saturated heterocycles. The maximum absolute atomic E-state index is 12.4. The summed E-state index contributed by atoms with van der Waals surface area (Å²) in [6.07, 6.45) is 2.12. The molecule has 1 aliphatic heterocycles. The fraction of sp³-hybridized carbons (Fsp3) is 0.348. The molecule has 0 saturated carbocycles. The number of carbonyl (C=O) groups excluding carboxylic acids is 1. The van der Waals surface area contributed by atoms with Crippen LogP contribution in [-0.2, 0) is 4.79 Å². The van der Waals surface area contributed by atoms with Crippen LogP contribution >= 0.6 is 0 Å². The molecule has 1 fully saturated rings. The van der Waals surface area contributed by atoms with Gasteiger partial charge in [0.05, 0.1) is 0 Å². The zero-order valence-electron chi connectivity index (χ0n) is 16.8. The van der Waals surface area contributed by atoms with E-state index in [9.17, 15) is 4.79 Å². The molecule has 2 aromatic carbocycles. The summed E-state index contributed by atoms with van der Waals surface area (Å²) in [4.78, 5) is 18.8. The molecule has 0 radical (unpaired) electrons. The third-order valence-corrected chi connectivity index (χ3v) is 5.28. The lowest BCUT2D eigenvalue weighted by Crippen LogP contribution is -2.40. The van der Waals surface area contributed by atoms with Gasteiger partial charge >= 0.3 is 0 Å². The van der Waals surface area contributed by atoms with Gasteiger partial charge in [0, 0.05) is 24.2 Å². The van der Waals surface area contributed by atoms with E-state index in [1.165, 1.54) is 0 Å². The first-order valence-corrected chi connectivity index (χ1v) is 10.0. The van der Waals surface area contributed by atoms with Crippen LogP contribution in [0.25, 0.3) is 22.8 Å². The van der Waals surface area contributed by atoms with Crippen molar-refractivity contribution in [1.29, 1.82) is 0 Å². The van der Waals surface area contributed by atoms with Crippen molar-refractivity contribution in [2.24, 2.45) is 5.92 Å². The quantitative estimate of drug-likeness (QED) is 0.647. The van der Waals surface area contributed by atoms with Crippen LogP contribution in [-0.4, -0.2) is 40.6 Å². The summed E-state index contributed by atoms with van der Waals surface area (Å²) < 4.78 is 11.2. The Hall–Kier alpha value is -3.15. The summed E-state index contributed by atoms with van der Waals surface area (Å²) >= 11 is 0. The molecular weight excluding hydrogens is 366 g/mol. The minimum atomic E-state index is 0.0311. The van der Waals surface area contributed by atoms with Crippen LogP contribution in [0.1, 0.15) is 25.3 Å². The highest BCUT2D eigenvalue weighted by molar-refractivity contribution is 5.78. The molecule has 150 valence electrons. The standard InChI is InChI=1S/C23H25N3O3/c1-16-9-11-26(12-10-16)21(27)15-28-20-8-4-6-18(14-20)22-24-23(29-25-22)19-7-3-5-17(2)13-19/h3-8,13-14,16H,9-12,15H2,1-2H3. The van der Waals surface area contributed by atoms with Crippen LogP contribution in [0.15, 0.2) is 53.1 Å². The molecule has 0 unspecified atom stereocenters. The number of nitrogens with zero attached hydrogens (tertiary/aromatic N) is 3. The topological polar surface area (TPSA) is 68.5 Å². The molecule has 6 nitrogen and oxygen atoms in total. The van der Waals surface area contributed by atoms with Gasteiger partial charge < -0.3 is 14.2 Å². The fourth-order valence-corrected chi connectivity index (χ4v) is 3.46. The van der Waals surface area contributed by atoms with Crippen molar-refractivity contribution in [2.45, 2.75) is 26.7 Å². The smallest absolute Gasteiger partial charge is 0.260 e. The predicted molar refractivity (Wildman–Crippen MR) is 110 cm³/mol. The lowest BCUT2D eigenvalue weighted by molar-refractivity contribution is -0.134. The number of piperidine rings is 1. The highest BCUT2D eigenvalue weighted by atomic mass is 16.5. The number of ether oxygens (including phenoxy) is 1. The number of likely N-dealkylation sites (tertiary alicyclic amines) is 1. The van der Waals surface area contributed by atoms with Gasteiger partial charge in [-0.2, -0.15) is 4.98 Å². The van der Waals surface area contributed by atoms with Crippen molar-refractivity contribution in [2.75, 3.05) is 19.7 Å². The Morgan fingerprint density at radius 1 is 1.14 bits per heavy atom. The first kappa shape index (κ1) is 19.2. The van der Waals surface area contributed by atoms with E-state index in [0.717, 1.165) is 42.6 Å². The molecule has 1 aliphatic rings. The van der Waals surface area contributed by atoms with E-state index in [1.54, 1.807) is 0 Å². The van der Waals surface area contributed by atoms with Crippen molar-refractivity contribution in [3.05, 3.63) is 54.1 Å². The first-order chi connectivity index (χ1) is 14.1. The second-order valence-electron chi connectivity index (χ2n) is 7.67. The molecule has 29 heavy (non-hydrogen) atoms. The molecule has 0 aliphatic carbocycles. The van der Waals surface area contributed by atoms with Gasteiger partial charge in [-0.25, -0.2) is 0 Å². The van der Waals surface area contributed by atoms with Crippen LogP contribution < -0.4 is 4.74 Å². The molecule has 2 heterocycles. The minimum absolute atomic E-state index is 0.0311. The molecule has 0 bridgehead atoms. The van der Waals surface area contributed by atoms with E-state index in [0.29, 0.717) is 23.4 Å². The van der Waals surface area contributed by atoms with Gasteiger partial charge in [0.15, 0.2) is 6.61 Å². The van der Waals surface area contributed by atoms with Crippen molar-refractivity contribution in [3.8, 4) is 28.6 Å². The van der Waals surface area contributed by atoms with Gasteiger partial charge in [0.1, 0.15) is 5.75 Å². The Morgan fingerprint density at radius 2 is 1.90 bits per heavy atom. The fourth-order valence-electron chi connectivity index (χ4n) is 3.46. The zero-order chi connectivity index (χ0) is 20.2. The first-order valence-electron chi connectivity index (χ1n) is 10.0. The average Bonchev–Trinajstić information content (AvgIpc) is 3.23. The van der Waals surface area contributed by atoms with Gasteiger partial charge in [-0.15, -0.1) is 0 Å². The molecule has 1 aromatic heterocycles. The maximum atomic E-state index is 12.4. The second-order valence-corrected chi connectivity index (χ2v) is 7.67. The van der Waals surface area contributed by atoms with Crippen LogP contribution in [0.4, 0.5) is 0 Å². The number of hydrogen-bond acceptors (Lipinski definition) is 5. The monoisotopic (exact) mass is 391 g/mol. The summed E-state index contributed by atoms with van der Waals surface area (Å²) in [5.41, 5.74) is 2.80. The Morgan fingerprint density at radius 3 is 2.69 bits per heavy atom. The van der Waals surface area contributed by atoms with E-state index in [2.05, 4.69) is 17.1 Å². The molecule has 4 rings (SSSR count). The van der Waals surface area contributed by atoms with Gasteiger partial charge in [-0.3, -0.25) is 4.79 Å². The highest BCUT2D eigenvalue weighted by Gasteiger charge is 2.20. The number of rotatable bonds is 5. The predicted octanol–water partition coefficient (Wildman–Crippen LogP) is 4.35. The number of amides is 1. The number of aromatic nitrogens is 2. The largest absolute Gasteiger partial charge is 0.484 e. The van der Waals surface area contributed by atoms with Crippen LogP contribution in [0.5, 0.6) is 5.75 Å².